The van der Waals surface area contributed by atoms with Crippen molar-refractivity contribution in [1.82, 2.24) is 19.7 Å². The van der Waals surface area contributed by atoms with Crippen LogP contribution in [0.2, 0.25) is 0 Å². The van der Waals surface area contributed by atoms with Gasteiger partial charge in [0.2, 0.25) is 0 Å². The molecule has 1 aliphatic rings. The number of carbonyl (C=O) groups is 1. The van der Waals surface area contributed by atoms with Gasteiger partial charge >= 0.3 is 6.09 Å². The summed E-state index contributed by atoms with van der Waals surface area (Å²) in [5, 5.41) is 14.5. The fourth-order valence-electron chi connectivity index (χ4n) is 4.03. The number of fused-ring (bicyclic) bond motifs is 3. The number of thioether (sulfide) groups is 1. The van der Waals surface area contributed by atoms with Gasteiger partial charge in [0.1, 0.15) is 16.1 Å². The monoisotopic (exact) mass is 579 g/mol. The topological polar surface area (TPSA) is 84.0 Å². The predicted octanol–water partition coefficient (Wildman–Crippen LogP) is 7.64. The number of nitriles is 1. The molecule has 0 unspecified atom stereocenters. The third-order valence-electron chi connectivity index (χ3n) is 5.51. The minimum atomic E-state index is -0.511. The number of nitrogens with zero attached hydrogens (tertiary/aromatic N) is 5. The molecule has 0 bridgehead atoms. The van der Waals surface area contributed by atoms with E-state index in [2.05, 4.69) is 26.0 Å². The number of likely N-dealkylation sites (tertiary alicyclic amines) is 1. The van der Waals surface area contributed by atoms with Gasteiger partial charge < -0.3 is 9.64 Å². The van der Waals surface area contributed by atoms with Gasteiger partial charge in [0, 0.05) is 25.4 Å². The lowest BCUT2D eigenvalue weighted by atomic mass is 10.0. The van der Waals surface area contributed by atoms with Gasteiger partial charge in [-0.1, -0.05) is 13.8 Å². The number of amides is 1. The zero-order valence-electron chi connectivity index (χ0n) is 22.3. The Morgan fingerprint density at radius 3 is 2.39 bits per heavy atom. The van der Waals surface area contributed by atoms with Crippen LogP contribution in [-0.2, 0) is 4.74 Å². The summed E-state index contributed by atoms with van der Waals surface area (Å²) in [6, 6.07) is 3.83. The maximum absolute atomic E-state index is 15.1. The van der Waals surface area contributed by atoms with Crippen molar-refractivity contribution < 1.29 is 13.9 Å². The summed E-state index contributed by atoms with van der Waals surface area (Å²) in [7, 11) is 0. The van der Waals surface area contributed by atoms with Crippen molar-refractivity contribution in [3.8, 4) is 6.07 Å². The molecule has 0 radical (unpaired) electrons. The Kier molecular flexibility index (Phi) is 10.6. The molecule has 1 fully saturated rings. The normalized spacial score (nSPS) is 14.0. The summed E-state index contributed by atoms with van der Waals surface area (Å²) in [6.07, 6.45) is 4.99. The number of ether oxygens (including phenoxy) is 1. The van der Waals surface area contributed by atoms with E-state index in [1.54, 1.807) is 11.0 Å². The van der Waals surface area contributed by atoms with Crippen LogP contribution in [-0.4, -0.2) is 50.7 Å². The molecule has 0 atom stereocenters. The van der Waals surface area contributed by atoms with Crippen molar-refractivity contribution in [3.05, 3.63) is 28.1 Å². The van der Waals surface area contributed by atoms with Crippen LogP contribution >= 0.6 is 27.7 Å². The standard InChI is InChI=1S/C22H26BrFN4O2S.C2H3N.C2H6/c1-12-10-14-18(17(24)16(12)23)26-20(31-5)15-11-25-28(19(14)15)13-6-8-27(9-7-13)21(29)30-22(2,3)4;1-2-3;1-2/h10-11,13H,6-9H2,1-5H3;1H3;1-2H3. The Bertz CT molecular complexity index is 1260. The summed E-state index contributed by atoms with van der Waals surface area (Å²) in [6.45, 7) is 14.1. The fourth-order valence-corrected chi connectivity index (χ4v) is 4.89. The molecule has 0 saturated carbocycles. The molecule has 10 heteroatoms. The molecule has 1 saturated heterocycles. The van der Waals surface area contributed by atoms with Crippen LogP contribution in [0.25, 0.3) is 21.8 Å². The summed E-state index contributed by atoms with van der Waals surface area (Å²) in [4.78, 5) is 18.7. The van der Waals surface area contributed by atoms with Gasteiger partial charge in [-0.3, -0.25) is 4.68 Å². The van der Waals surface area contributed by atoms with Crippen molar-refractivity contribution >= 4 is 55.6 Å². The molecule has 1 aromatic carbocycles. The van der Waals surface area contributed by atoms with E-state index in [9.17, 15) is 4.79 Å². The highest BCUT2D eigenvalue weighted by Gasteiger charge is 2.29. The van der Waals surface area contributed by atoms with Crippen molar-refractivity contribution in [2.75, 3.05) is 19.3 Å². The highest BCUT2D eigenvalue weighted by molar-refractivity contribution is 9.10. The second kappa shape index (κ2) is 12.7. The van der Waals surface area contributed by atoms with E-state index >= 15 is 4.39 Å². The second-order valence-corrected chi connectivity index (χ2v) is 10.7. The average Bonchev–Trinajstić information content (AvgIpc) is 3.29. The SMILES string of the molecule is CC.CC#N.CSc1nc2c(F)c(Br)c(C)cc2c2c1cnn2C1CCN(C(=O)OC(C)(C)C)CC1. The summed E-state index contributed by atoms with van der Waals surface area (Å²) in [5.41, 5.74) is 1.56. The summed E-state index contributed by atoms with van der Waals surface area (Å²) in [5.74, 6) is -0.348. The molecular weight excluding hydrogens is 545 g/mol. The number of aryl methyl sites for hydroxylation is 1. The van der Waals surface area contributed by atoms with Gasteiger partial charge in [0.15, 0.2) is 5.82 Å². The number of carbonyl (C=O) groups excluding carboxylic acids is 1. The third-order valence-corrected chi connectivity index (χ3v) is 7.18. The van der Waals surface area contributed by atoms with E-state index in [-0.39, 0.29) is 18.0 Å². The first-order valence-electron chi connectivity index (χ1n) is 12.0. The van der Waals surface area contributed by atoms with Crippen LogP contribution in [0.1, 0.15) is 66.0 Å². The number of hydrogen-bond donors (Lipinski definition) is 0. The van der Waals surface area contributed by atoms with E-state index in [0.29, 0.717) is 23.1 Å². The molecular formula is C26H35BrFN5O2S. The van der Waals surface area contributed by atoms with Crippen molar-refractivity contribution in [2.45, 2.75) is 78.0 Å². The number of rotatable bonds is 2. The average molecular weight is 581 g/mol. The van der Waals surface area contributed by atoms with Crippen molar-refractivity contribution in [1.29, 1.82) is 5.26 Å². The van der Waals surface area contributed by atoms with Gasteiger partial charge in [-0.2, -0.15) is 10.4 Å². The predicted molar refractivity (Wildman–Crippen MR) is 148 cm³/mol. The van der Waals surface area contributed by atoms with Crippen LogP contribution in [0.4, 0.5) is 9.18 Å². The zero-order valence-corrected chi connectivity index (χ0v) is 24.7. The zero-order chi connectivity index (χ0) is 27.2. The van der Waals surface area contributed by atoms with Crippen LogP contribution < -0.4 is 0 Å². The first-order chi connectivity index (χ1) is 17.0. The molecule has 7 nitrogen and oxygen atoms in total. The number of aromatic nitrogens is 3. The van der Waals surface area contributed by atoms with Gasteiger partial charge in [0.25, 0.3) is 0 Å². The van der Waals surface area contributed by atoms with E-state index in [0.717, 1.165) is 39.7 Å². The lowest BCUT2D eigenvalue weighted by molar-refractivity contribution is 0.0186. The van der Waals surface area contributed by atoms with Crippen molar-refractivity contribution in [2.24, 2.45) is 0 Å². The molecule has 1 aliphatic heterocycles. The fraction of sp³-hybridized carbons (Fsp3) is 0.538. The lowest BCUT2D eigenvalue weighted by Gasteiger charge is -2.33. The highest BCUT2D eigenvalue weighted by atomic mass is 79.9. The number of pyridine rings is 1. The Morgan fingerprint density at radius 1 is 1.28 bits per heavy atom. The van der Waals surface area contributed by atoms with E-state index in [1.165, 1.54) is 18.7 Å². The van der Waals surface area contributed by atoms with Gasteiger partial charge in [-0.05, 0) is 74.4 Å². The second-order valence-electron chi connectivity index (χ2n) is 9.11. The Morgan fingerprint density at radius 2 is 1.86 bits per heavy atom. The summed E-state index contributed by atoms with van der Waals surface area (Å²) >= 11 is 4.83. The molecule has 0 spiro atoms. The maximum atomic E-state index is 15.1. The first-order valence-corrected chi connectivity index (χ1v) is 14.0. The first kappa shape index (κ1) is 29.8. The van der Waals surface area contributed by atoms with Crippen LogP contribution in [0, 0.1) is 24.1 Å². The Hall–Kier alpha value is -2.38. The lowest BCUT2D eigenvalue weighted by Crippen LogP contribution is -2.42. The number of benzene rings is 1. The van der Waals surface area contributed by atoms with E-state index in [1.807, 2.05) is 64.7 Å². The summed E-state index contributed by atoms with van der Waals surface area (Å²) < 4.78 is 23.0. The Balaban J connectivity index is 0.000000850. The molecule has 36 heavy (non-hydrogen) atoms. The third kappa shape index (κ3) is 6.48. The van der Waals surface area contributed by atoms with E-state index < -0.39 is 5.60 Å². The van der Waals surface area contributed by atoms with Gasteiger partial charge in [-0.25, -0.2) is 14.2 Å². The molecule has 2 aromatic heterocycles. The Labute approximate surface area is 225 Å². The van der Waals surface area contributed by atoms with Crippen LogP contribution in [0.3, 0.4) is 0 Å². The van der Waals surface area contributed by atoms with Gasteiger partial charge in [0.05, 0.1) is 33.7 Å². The quantitative estimate of drug-likeness (QED) is 0.290. The molecule has 3 heterocycles. The van der Waals surface area contributed by atoms with E-state index in [4.69, 9.17) is 10.00 Å². The van der Waals surface area contributed by atoms with Crippen LogP contribution in [0.15, 0.2) is 21.8 Å². The maximum Gasteiger partial charge on any atom is 0.410 e. The smallest absolute Gasteiger partial charge is 0.410 e. The molecule has 1 amide bonds. The number of piperidine rings is 1. The molecule has 196 valence electrons. The minimum absolute atomic E-state index is 0.114. The highest BCUT2D eigenvalue weighted by Crippen LogP contribution is 2.38. The minimum Gasteiger partial charge on any atom is -0.444 e. The van der Waals surface area contributed by atoms with Crippen LogP contribution in [0.5, 0.6) is 0 Å². The largest absolute Gasteiger partial charge is 0.444 e. The molecule has 3 aromatic rings. The van der Waals surface area contributed by atoms with Gasteiger partial charge in [-0.15, -0.1) is 11.8 Å². The number of halogens is 2. The molecule has 0 N–H and O–H groups in total. The molecule has 4 rings (SSSR count). The molecule has 0 aliphatic carbocycles. The van der Waals surface area contributed by atoms with Crippen molar-refractivity contribution in [3.63, 3.8) is 0 Å². The number of hydrogen-bond acceptors (Lipinski definition) is 6.